The van der Waals surface area contributed by atoms with Crippen LogP contribution in [-0.2, 0) is 0 Å². The van der Waals surface area contributed by atoms with E-state index in [2.05, 4.69) is 32.0 Å². The molecule has 1 unspecified atom stereocenters. The maximum absolute atomic E-state index is 4.31. The van der Waals surface area contributed by atoms with Crippen LogP contribution in [0, 0.1) is 0 Å². The van der Waals surface area contributed by atoms with E-state index >= 15 is 0 Å². The minimum atomic E-state index is 0.624. The molecule has 0 aromatic carbocycles. The molecule has 5 heteroatoms. The zero-order valence-electron chi connectivity index (χ0n) is 12.0. The molecule has 0 bridgehead atoms. The number of aromatic nitrogens is 2. The van der Waals surface area contributed by atoms with Crippen molar-refractivity contribution in [2.75, 3.05) is 44.7 Å². The van der Waals surface area contributed by atoms with E-state index in [1.165, 1.54) is 19.4 Å². The summed E-state index contributed by atoms with van der Waals surface area (Å²) in [6.07, 6.45) is 6.14. The largest absolute Gasteiger partial charge is 0.338 e. The molecule has 5 nitrogen and oxygen atoms in total. The van der Waals surface area contributed by atoms with Crippen molar-refractivity contribution in [3.8, 4) is 0 Å². The summed E-state index contributed by atoms with van der Waals surface area (Å²) < 4.78 is 0. The summed E-state index contributed by atoms with van der Waals surface area (Å²) in [6, 6.07) is 2.49. The first-order valence-corrected chi connectivity index (χ1v) is 7.21. The number of piperazine rings is 1. The van der Waals surface area contributed by atoms with E-state index < -0.39 is 0 Å². The van der Waals surface area contributed by atoms with Gasteiger partial charge in [0.15, 0.2) is 0 Å². The highest BCUT2D eigenvalue weighted by molar-refractivity contribution is 5.29. The highest BCUT2D eigenvalue weighted by atomic mass is 15.3. The minimum absolute atomic E-state index is 0.624. The van der Waals surface area contributed by atoms with Crippen molar-refractivity contribution in [1.29, 1.82) is 0 Å². The van der Waals surface area contributed by atoms with Gasteiger partial charge in [0, 0.05) is 44.6 Å². The predicted octanol–water partition coefficient (Wildman–Crippen LogP) is 0.987. The Bertz CT molecular complexity index is 348. The molecular formula is C14H25N5. The fourth-order valence-electron chi connectivity index (χ4n) is 2.39. The van der Waals surface area contributed by atoms with Crippen LogP contribution in [0.15, 0.2) is 18.5 Å². The Morgan fingerprint density at radius 2 is 1.89 bits per heavy atom. The third-order valence-corrected chi connectivity index (χ3v) is 3.81. The Morgan fingerprint density at radius 1 is 1.21 bits per heavy atom. The molecule has 106 valence electrons. The molecule has 1 N–H and O–H groups in total. The molecule has 2 heterocycles. The van der Waals surface area contributed by atoms with Crippen LogP contribution in [-0.4, -0.2) is 60.7 Å². The van der Waals surface area contributed by atoms with E-state index in [1.807, 2.05) is 25.5 Å². The molecule has 1 aromatic rings. The van der Waals surface area contributed by atoms with E-state index in [-0.39, 0.29) is 0 Å². The van der Waals surface area contributed by atoms with Gasteiger partial charge < -0.3 is 10.2 Å². The maximum Gasteiger partial charge on any atom is 0.225 e. The fourth-order valence-corrected chi connectivity index (χ4v) is 2.39. The van der Waals surface area contributed by atoms with Gasteiger partial charge >= 0.3 is 0 Å². The highest BCUT2D eigenvalue weighted by Crippen LogP contribution is 2.10. The van der Waals surface area contributed by atoms with Gasteiger partial charge in [0.2, 0.25) is 5.95 Å². The normalized spacial score (nSPS) is 18.5. The van der Waals surface area contributed by atoms with E-state index in [1.54, 1.807) is 0 Å². The molecule has 1 aliphatic rings. The Balaban J connectivity index is 1.68. The molecular weight excluding hydrogens is 238 g/mol. The summed E-state index contributed by atoms with van der Waals surface area (Å²) >= 11 is 0. The van der Waals surface area contributed by atoms with Crippen molar-refractivity contribution in [3.05, 3.63) is 18.5 Å². The van der Waals surface area contributed by atoms with E-state index in [0.29, 0.717) is 6.04 Å². The lowest BCUT2D eigenvalue weighted by atomic mass is 10.1. The quantitative estimate of drug-likeness (QED) is 0.829. The Kier molecular flexibility index (Phi) is 5.54. The van der Waals surface area contributed by atoms with Gasteiger partial charge in [-0.25, -0.2) is 9.97 Å². The number of nitrogens with zero attached hydrogens (tertiary/aromatic N) is 4. The average Bonchev–Trinajstić information content (AvgIpc) is 2.48. The first-order chi connectivity index (χ1) is 9.29. The van der Waals surface area contributed by atoms with Crippen molar-refractivity contribution in [3.63, 3.8) is 0 Å². The lowest BCUT2D eigenvalue weighted by molar-refractivity contribution is 0.248. The van der Waals surface area contributed by atoms with Crippen LogP contribution in [0.25, 0.3) is 0 Å². The van der Waals surface area contributed by atoms with E-state index in [0.717, 1.165) is 32.1 Å². The first kappa shape index (κ1) is 14.2. The number of anilines is 1. The number of hydrogen-bond donors (Lipinski definition) is 1. The molecule has 1 saturated heterocycles. The van der Waals surface area contributed by atoms with Crippen molar-refractivity contribution >= 4 is 5.95 Å². The van der Waals surface area contributed by atoms with E-state index in [9.17, 15) is 0 Å². The molecule has 2 rings (SSSR count). The molecule has 1 aromatic heterocycles. The van der Waals surface area contributed by atoms with Crippen molar-refractivity contribution in [2.45, 2.75) is 25.8 Å². The van der Waals surface area contributed by atoms with Gasteiger partial charge in [0.1, 0.15) is 0 Å². The van der Waals surface area contributed by atoms with Crippen molar-refractivity contribution in [1.82, 2.24) is 20.2 Å². The third kappa shape index (κ3) is 4.44. The van der Waals surface area contributed by atoms with Crippen LogP contribution in [0.4, 0.5) is 5.95 Å². The number of rotatable bonds is 6. The van der Waals surface area contributed by atoms with Gasteiger partial charge in [0.05, 0.1) is 0 Å². The molecule has 0 spiro atoms. The average molecular weight is 263 g/mol. The van der Waals surface area contributed by atoms with Crippen molar-refractivity contribution < 1.29 is 0 Å². The zero-order valence-corrected chi connectivity index (χ0v) is 12.0. The second-order valence-electron chi connectivity index (χ2n) is 5.21. The molecule has 0 aliphatic carbocycles. The zero-order chi connectivity index (χ0) is 13.5. The fraction of sp³-hybridized carbons (Fsp3) is 0.714. The maximum atomic E-state index is 4.31. The molecule has 0 saturated carbocycles. The first-order valence-electron chi connectivity index (χ1n) is 7.21. The molecule has 1 aliphatic heterocycles. The molecule has 1 fully saturated rings. The van der Waals surface area contributed by atoms with Gasteiger partial charge in [-0.1, -0.05) is 0 Å². The second kappa shape index (κ2) is 7.40. The topological polar surface area (TPSA) is 44.3 Å². The Labute approximate surface area is 116 Å². The predicted molar refractivity (Wildman–Crippen MR) is 78.4 cm³/mol. The van der Waals surface area contributed by atoms with Crippen LogP contribution in [0.3, 0.4) is 0 Å². The number of nitrogens with one attached hydrogen (secondary N) is 1. The summed E-state index contributed by atoms with van der Waals surface area (Å²) in [7, 11) is 2.03. The van der Waals surface area contributed by atoms with E-state index in [4.69, 9.17) is 0 Å². The van der Waals surface area contributed by atoms with Crippen molar-refractivity contribution in [2.24, 2.45) is 0 Å². The SMILES string of the molecule is CNC(C)CCCN1CCN(c2ncccn2)CC1. The van der Waals surface area contributed by atoms with Gasteiger partial charge in [-0.3, -0.25) is 4.90 Å². The van der Waals surface area contributed by atoms with Gasteiger partial charge in [0.25, 0.3) is 0 Å². The third-order valence-electron chi connectivity index (χ3n) is 3.81. The van der Waals surface area contributed by atoms with Crippen LogP contribution >= 0.6 is 0 Å². The number of hydrogen-bond acceptors (Lipinski definition) is 5. The molecule has 0 radical (unpaired) electrons. The van der Waals surface area contributed by atoms with Crippen LogP contribution < -0.4 is 10.2 Å². The summed E-state index contributed by atoms with van der Waals surface area (Å²) in [5.74, 6) is 0.867. The highest BCUT2D eigenvalue weighted by Gasteiger charge is 2.18. The lowest BCUT2D eigenvalue weighted by Crippen LogP contribution is -2.47. The summed E-state index contributed by atoms with van der Waals surface area (Å²) in [4.78, 5) is 13.4. The summed E-state index contributed by atoms with van der Waals surface area (Å²) in [5.41, 5.74) is 0. The summed E-state index contributed by atoms with van der Waals surface area (Å²) in [6.45, 7) is 7.75. The standard InChI is InChI=1S/C14H25N5/c1-13(15-2)5-3-8-18-9-11-19(12-10-18)14-16-6-4-7-17-14/h4,6-7,13,15H,3,5,8-12H2,1-2H3. The smallest absolute Gasteiger partial charge is 0.225 e. The molecule has 1 atom stereocenters. The minimum Gasteiger partial charge on any atom is -0.338 e. The van der Waals surface area contributed by atoms with Gasteiger partial charge in [-0.2, -0.15) is 0 Å². The second-order valence-corrected chi connectivity index (χ2v) is 5.21. The summed E-state index contributed by atoms with van der Waals surface area (Å²) in [5, 5.41) is 3.29. The molecule has 0 amide bonds. The van der Waals surface area contributed by atoms with Gasteiger partial charge in [-0.05, 0) is 39.4 Å². The van der Waals surface area contributed by atoms with Gasteiger partial charge in [-0.15, -0.1) is 0 Å². The van der Waals surface area contributed by atoms with Crippen LogP contribution in [0.5, 0.6) is 0 Å². The molecule has 19 heavy (non-hydrogen) atoms. The lowest BCUT2D eigenvalue weighted by Gasteiger charge is -2.34. The Morgan fingerprint density at radius 3 is 2.53 bits per heavy atom. The monoisotopic (exact) mass is 263 g/mol. The van der Waals surface area contributed by atoms with Crippen LogP contribution in [0.2, 0.25) is 0 Å². The Hall–Kier alpha value is -1.20. The van der Waals surface area contributed by atoms with Crippen LogP contribution in [0.1, 0.15) is 19.8 Å².